The fourth-order valence-corrected chi connectivity index (χ4v) is 2.45. The number of benzene rings is 1. The molecule has 8 heteroatoms. The van der Waals surface area contributed by atoms with Crippen molar-refractivity contribution in [3.05, 3.63) is 47.4 Å². The zero-order chi connectivity index (χ0) is 19.1. The Labute approximate surface area is 157 Å². The highest BCUT2D eigenvalue weighted by atomic mass is 32.1. The number of nitrogens with one attached hydrogen (secondary N) is 2. The van der Waals surface area contributed by atoms with Crippen molar-refractivity contribution in [1.82, 2.24) is 5.43 Å². The number of hydrogen-bond donors (Lipinski definition) is 3. The fraction of sp³-hybridized carbons (Fsp3) is 0.278. The number of hydrazone groups is 1. The number of carbonyl (C=O) groups is 1. The maximum Gasteiger partial charge on any atom is 0.303 e. The Morgan fingerprint density at radius 1 is 1.35 bits per heavy atom. The molecule has 0 atom stereocenters. The van der Waals surface area contributed by atoms with Crippen LogP contribution in [0.2, 0.25) is 0 Å². The van der Waals surface area contributed by atoms with Crippen LogP contribution in [0.3, 0.4) is 0 Å². The van der Waals surface area contributed by atoms with E-state index in [9.17, 15) is 4.79 Å². The zero-order valence-electron chi connectivity index (χ0n) is 14.8. The molecule has 0 unspecified atom stereocenters. The van der Waals surface area contributed by atoms with Gasteiger partial charge in [-0.3, -0.25) is 10.2 Å². The first-order chi connectivity index (χ1) is 12.4. The summed E-state index contributed by atoms with van der Waals surface area (Å²) >= 11 is 5.22. The van der Waals surface area contributed by atoms with Crippen LogP contribution in [0.25, 0.3) is 0 Å². The number of aliphatic carboxylic acids is 1. The number of methoxy groups -OCH3 is 1. The maximum atomic E-state index is 10.7. The van der Waals surface area contributed by atoms with Crippen molar-refractivity contribution in [1.29, 1.82) is 0 Å². The van der Waals surface area contributed by atoms with Gasteiger partial charge in [0.05, 0.1) is 19.2 Å². The van der Waals surface area contributed by atoms with Crippen molar-refractivity contribution in [2.75, 3.05) is 12.4 Å². The summed E-state index contributed by atoms with van der Waals surface area (Å²) in [6.07, 6.45) is 0.366. The van der Waals surface area contributed by atoms with E-state index >= 15 is 0 Å². The van der Waals surface area contributed by atoms with E-state index in [1.807, 2.05) is 38.1 Å². The van der Waals surface area contributed by atoms with Gasteiger partial charge in [0.2, 0.25) is 0 Å². The van der Waals surface area contributed by atoms with Gasteiger partial charge in [0, 0.05) is 17.7 Å². The van der Waals surface area contributed by atoms with Gasteiger partial charge in [-0.2, -0.15) is 5.10 Å². The van der Waals surface area contributed by atoms with E-state index in [0.717, 1.165) is 17.0 Å². The number of ether oxygens (including phenoxy) is 1. The van der Waals surface area contributed by atoms with Crippen molar-refractivity contribution < 1.29 is 19.1 Å². The average molecular weight is 375 g/mol. The van der Waals surface area contributed by atoms with Crippen LogP contribution in [-0.4, -0.2) is 29.0 Å². The minimum Gasteiger partial charge on any atom is -0.497 e. The third-order valence-electron chi connectivity index (χ3n) is 3.62. The highest BCUT2D eigenvalue weighted by Crippen LogP contribution is 2.17. The highest BCUT2D eigenvalue weighted by molar-refractivity contribution is 7.80. The Hall–Kier alpha value is -2.87. The van der Waals surface area contributed by atoms with Gasteiger partial charge in [-0.15, -0.1) is 0 Å². The van der Waals surface area contributed by atoms with Crippen LogP contribution in [0, 0.1) is 6.92 Å². The summed E-state index contributed by atoms with van der Waals surface area (Å²) in [4.78, 5) is 10.7. The molecule has 0 radical (unpaired) electrons. The quantitative estimate of drug-likeness (QED) is 0.388. The first kappa shape index (κ1) is 19.5. The Kier molecular flexibility index (Phi) is 6.74. The zero-order valence-corrected chi connectivity index (χ0v) is 15.6. The van der Waals surface area contributed by atoms with E-state index < -0.39 is 5.97 Å². The SMILES string of the molecule is COc1ccc(NC(=S)N/N=C(/C)c2cc(CCC(=O)O)oc2C)cc1. The van der Waals surface area contributed by atoms with Crippen LogP contribution in [0.1, 0.15) is 30.4 Å². The van der Waals surface area contributed by atoms with Crippen LogP contribution in [0.15, 0.2) is 39.9 Å². The van der Waals surface area contributed by atoms with Gasteiger partial charge in [-0.25, -0.2) is 0 Å². The third kappa shape index (κ3) is 5.59. The molecule has 0 saturated carbocycles. The maximum absolute atomic E-state index is 10.7. The molecule has 0 amide bonds. The highest BCUT2D eigenvalue weighted by Gasteiger charge is 2.11. The number of thiocarbonyl (C=S) groups is 1. The normalized spacial score (nSPS) is 11.1. The van der Waals surface area contributed by atoms with Gasteiger partial charge in [0.15, 0.2) is 5.11 Å². The number of carboxylic acid groups (broad SMARTS) is 1. The Morgan fingerprint density at radius 3 is 2.65 bits per heavy atom. The summed E-state index contributed by atoms with van der Waals surface area (Å²) in [6.45, 7) is 3.63. The molecule has 0 bridgehead atoms. The van der Waals surface area contributed by atoms with Crippen molar-refractivity contribution in [3.8, 4) is 5.75 Å². The van der Waals surface area contributed by atoms with Crippen LogP contribution >= 0.6 is 12.2 Å². The lowest BCUT2D eigenvalue weighted by atomic mass is 10.1. The molecule has 0 fully saturated rings. The van der Waals surface area contributed by atoms with Crippen molar-refractivity contribution in [2.45, 2.75) is 26.7 Å². The minimum absolute atomic E-state index is 0.0245. The smallest absolute Gasteiger partial charge is 0.303 e. The predicted molar refractivity (Wildman–Crippen MR) is 104 cm³/mol. The number of anilines is 1. The second-order valence-electron chi connectivity index (χ2n) is 5.57. The standard InChI is InChI=1S/C18H21N3O4S/c1-11(16-10-15(25-12(16)2)8-9-17(22)23)20-21-18(26)19-13-4-6-14(24-3)7-5-13/h4-7,10H,8-9H2,1-3H3,(H,22,23)(H2,19,21,26)/b20-11-. The minimum atomic E-state index is -0.859. The van der Waals surface area contributed by atoms with Gasteiger partial charge in [0.1, 0.15) is 17.3 Å². The van der Waals surface area contributed by atoms with Crippen molar-refractivity contribution in [2.24, 2.45) is 5.10 Å². The van der Waals surface area contributed by atoms with Crippen LogP contribution in [0.5, 0.6) is 5.75 Å². The van der Waals surface area contributed by atoms with Crippen LogP contribution in [0.4, 0.5) is 5.69 Å². The number of aryl methyl sites for hydroxylation is 2. The molecular formula is C18H21N3O4S. The summed E-state index contributed by atoms with van der Waals surface area (Å²) in [5.74, 6) is 1.20. The van der Waals surface area contributed by atoms with Gasteiger partial charge in [-0.05, 0) is 56.4 Å². The second kappa shape index (κ2) is 9.00. The molecule has 2 rings (SSSR count). The van der Waals surface area contributed by atoms with E-state index in [4.69, 9.17) is 26.5 Å². The molecule has 26 heavy (non-hydrogen) atoms. The molecule has 0 aliphatic rings. The van der Waals surface area contributed by atoms with Gasteiger partial charge < -0.3 is 19.6 Å². The fourth-order valence-electron chi connectivity index (χ4n) is 2.28. The number of hydrogen-bond acceptors (Lipinski definition) is 5. The first-order valence-electron chi connectivity index (χ1n) is 7.96. The van der Waals surface area contributed by atoms with Gasteiger partial charge in [0.25, 0.3) is 0 Å². The molecule has 1 aromatic carbocycles. The van der Waals surface area contributed by atoms with Crippen LogP contribution in [-0.2, 0) is 11.2 Å². The summed E-state index contributed by atoms with van der Waals surface area (Å²) in [5, 5.41) is 16.4. The Morgan fingerprint density at radius 2 is 2.04 bits per heavy atom. The Balaban J connectivity index is 1.96. The molecule has 0 aliphatic carbocycles. The van der Waals surface area contributed by atoms with Gasteiger partial charge >= 0.3 is 5.97 Å². The molecule has 0 aliphatic heterocycles. The van der Waals surface area contributed by atoms with Crippen molar-refractivity contribution in [3.63, 3.8) is 0 Å². The summed E-state index contributed by atoms with van der Waals surface area (Å²) in [5.41, 5.74) is 5.09. The molecule has 1 heterocycles. The average Bonchev–Trinajstić information content (AvgIpc) is 2.99. The van der Waals surface area contributed by atoms with E-state index in [1.54, 1.807) is 13.2 Å². The topological polar surface area (TPSA) is 96.1 Å². The van der Waals surface area contributed by atoms with Crippen LogP contribution < -0.4 is 15.5 Å². The molecule has 0 saturated heterocycles. The summed E-state index contributed by atoms with van der Waals surface area (Å²) < 4.78 is 10.7. The predicted octanol–water partition coefficient (Wildman–Crippen LogP) is 3.32. The molecule has 1 aromatic heterocycles. The van der Waals surface area contributed by atoms with E-state index in [1.165, 1.54) is 0 Å². The Bertz CT molecular complexity index is 812. The lowest BCUT2D eigenvalue weighted by molar-refractivity contribution is -0.137. The molecular weight excluding hydrogens is 354 g/mol. The summed E-state index contributed by atoms with van der Waals surface area (Å²) in [6, 6.07) is 9.15. The molecule has 7 nitrogen and oxygen atoms in total. The molecule has 0 spiro atoms. The lowest BCUT2D eigenvalue weighted by Gasteiger charge is -2.08. The summed E-state index contributed by atoms with van der Waals surface area (Å²) in [7, 11) is 1.61. The van der Waals surface area contributed by atoms with E-state index in [-0.39, 0.29) is 6.42 Å². The van der Waals surface area contributed by atoms with E-state index in [0.29, 0.717) is 28.8 Å². The molecule has 138 valence electrons. The second-order valence-corrected chi connectivity index (χ2v) is 5.98. The number of carboxylic acids is 1. The largest absolute Gasteiger partial charge is 0.497 e. The third-order valence-corrected chi connectivity index (χ3v) is 3.81. The molecule has 2 aromatic rings. The molecule has 3 N–H and O–H groups in total. The van der Waals surface area contributed by atoms with Crippen molar-refractivity contribution >= 4 is 34.7 Å². The number of nitrogens with zero attached hydrogens (tertiary/aromatic N) is 1. The van der Waals surface area contributed by atoms with E-state index in [2.05, 4.69) is 15.8 Å². The first-order valence-corrected chi connectivity index (χ1v) is 8.36. The number of furan rings is 1. The monoisotopic (exact) mass is 375 g/mol. The van der Waals surface area contributed by atoms with Gasteiger partial charge in [-0.1, -0.05) is 0 Å². The lowest BCUT2D eigenvalue weighted by Crippen LogP contribution is -2.24. The number of rotatable bonds is 7.